The number of fused-ring (bicyclic) bond motifs is 1. The van der Waals surface area contributed by atoms with Crippen molar-refractivity contribution in [2.45, 2.75) is 5.51 Å². The molecule has 0 saturated carbocycles. The number of furan rings is 1. The third-order valence-corrected chi connectivity index (χ3v) is 3.15. The summed E-state index contributed by atoms with van der Waals surface area (Å²) in [6, 6.07) is 6.40. The fourth-order valence-electron chi connectivity index (χ4n) is 1.59. The van der Waals surface area contributed by atoms with Crippen LogP contribution in [0, 0.1) is 0 Å². The van der Waals surface area contributed by atoms with E-state index < -0.39 is 11.4 Å². The Morgan fingerprint density at radius 2 is 2.10 bits per heavy atom. The molecular formula is C12H11F3N2O2S. The first-order valence-electron chi connectivity index (χ1n) is 5.63. The molecule has 1 heterocycles. The molecule has 0 aliphatic rings. The Bertz CT molecular complexity index is 625. The summed E-state index contributed by atoms with van der Waals surface area (Å²) < 4.78 is 41.0. The standard InChI is InChI=1S/C12H11F3N2O2S/c13-12(14,15)20-4-3-17-11(18)10-6-7-5-8(16)1-2-9(7)19-10/h1-2,5-6H,3-4,16H2,(H,17,18). The van der Waals surface area contributed by atoms with Crippen molar-refractivity contribution >= 4 is 34.3 Å². The Labute approximate surface area is 116 Å². The fraction of sp³-hybridized carbons (Fsp3) is 0.250. The molecular weight excluding hydrogens is 293 g/mol. The van der Waals surface area contributed by atoms with E-state index in [4.69, 9.17) is 10.2 Å². The van der Waals surface area contributed by atoms with Gasteiger partial charge in [0.25, 0.3) is 5.91 Å². The van der Waals surface area contributed by atoms with Crippen molar-refractivity contribution in [1.82, 2.24) is 5.32 Å². The van der Waals surface area contributed by atoms with Crippen molar-refractivity contribution in [1.29, 1.82) is 0 Å². The summed E-state index contributed by atoms with van der Waals surface area (Å²) in [6.45, 7) is -0.0950. The normalized spacial score (nSPS) is 11.8. The molecule has 0 saturated heterocycles. The Kier molecular flexibility index (Phi) is 4.12. The molecule has 1 aromatic heterocycles. The van der Waals surface area contributed by atoms with Gasteiger partial charge in [-0.2, -0.15) is 13.2 Å². The maximum absolute atomic E-state index is 11.9. The molecule has 1 aromatic carbocycles. The second-order valence-electron chi connectivity index (χ2n) is 3.96. The molecule has 0 aliphatic carbocycles. The Morgan fingerprint density at radius 1 is 1.35 bits per heavy atom. The number of nitrogen functional groups attached to an aromatic ring is 1. The van der Waals surface area contributed by atoms with E-state index in [-0.39, 0.29) is 29.8 Å². The highest BCUT2D eigenvalue weighted by atomic mass is 32.2. The average molecular weight is 304 g/mol. The zero-order chi connectivity index (χ0) is 14.8. The molecule has 0 spiro atoms. The van der Waals surface area contributed by atoms with Crippen molar-refractivity contribution in [3.63, 3.8) is 0 Å². The van der Waals surface area contributed by atoms with E-state index in [9.17, 15) is 18.0 Å². The first-order valence-corrected chi connectivity index (χ1v) is 6.62. The van der Waals surface area contributed by atoms with Crippen LogP contribution in [0.4, 0.5) is 18.9 Å². The molecule has 3 N–H and O–H groups in total. The molecule has 8 heteroatoms. The van der Waals surface area contributed by atoms with Gasteiger partial charge in [0.15, 0.2) is 5.76 Å². The van der Waals surface area contributed by atoms with Crippen LogP contribution in [-0.4, -0.2) is 23.7 Å². The lowest BCUT2D eigenvalue weighted by atomic mass is 10.2. The lowest BCUT2D eigenvalue weighted by molar-refractivity contribution is -0.0327. The van der Waals surface area contributed by atoms with Gasteiger partial charge in [0.05, 0.1) is 0 Å². The van der Waals surface area contributed by atoms with Gasteiger partial charge in [-0.25, -0.2) is 0 Å². The number of halogens is 3. The van der Waals surface area contributed by atoms with Gasteiger partial charge in [-0.1, -0.05) is 0 Å². The van der Waals surface area contributed by atoms with Crippen LogP contribution in [0.1, 0.15) is 10.6 Å². The predicted molar refractivity (Wildman–Crippen MR) is 71.5 cm³/mol. The van der Waals surface area contributed by atoms with Gasteiger partial charge in [-0.3, -0.25) is 4.79 Å². The number of amides is 1. The van der Waals surface area contributed by atoms with E-state index in [0.717, 1.165) is 0 Å². The molecule has 0 unspecified atom stereocenters. The van der Waals surface area contributed by atoms with E-state index in [0.29, 0.717) is 16.7 Å². The van der Waals surface area contributed by atoms with Crippen LogP contribution >= 0.6 is 11.8 Å². The minimum absolute atomic E-state index is 0.0441. The fourth-order valence-corrected chi connectivity index (χ4v) is 2.03. The smallest absolute Gasteiger partial charge is 0.441 e. The summed E-state index contributed by atoms with van der Waals surface area (Å²) in [5.41, 5.74) is 2.34. The van der Waals surface area contributed by atoms with E-state index in [1.807, 2.05) is 0 Å². The summed E-state index contributed by atoms with van der Waals surface area (Å²) >= 11 is -0.184. The monoisotopic (exact) mass is 304 g/mol. The Balaban J connectivity index is 1.94. The van der Waals surface area contributed by atoms with Crippen LogP contribution in [0.5, 0.6) is 0 Å². The topological polar surface area (TPSA) is 68.3 Å². The zero-order valence-electron chi connectivity index (χ0n) is 10.2. The van der Waals surface area contributed by atoms with Gasteiger partial charge < -0.3 is 15.5 Å². The van der Waals surface area contributed by atoms with E-state index in [2.05, 4.69) is 5.32 Å². The van der Waals surface area contributed by atoms with E-state index >= 15 is 0 Å². The number of alkyl halides is 3. The van der Waals surface area contributed by atoms with Crippen molar-refractivity contribution < 1.29 is 22.4 Å². The Hall–Kier alpha value is -1.83. The summed E-state index contributed by atoms with van der Waals surface area (Å²) in [6.07, 6.45) is 0. The summed E-state index contributed by atoms with van der Waals surface area (Å²) in [7, 11) is 0. The SMILES string of the molecule is Nc1ccc2oc(C(=O)NCCSC(F)(F)F)cc2c1. The van der Waals surface area contributed by atoms with Gasteiger partial charge in [-0.15, -0.1) is 0 Å². The molecule has 0 aliphatic heterocycles. The first-order chi connectivity index (χ1) is 9.35. The number of thioether (sulfide) groups is 1. The van der Waals surface area contributed by atoms with Gasteiger partial charge in [0, 0.05) is 23.4 Å². The first kappa shape index (κ1) is 14.6. The van der Waals surface area contributed by atoms with Crippen molar-refractivity contribution in [3.05, 3.63) is 30.0 Å². The molecule has 1 amide bonds. The third kappa shape index (κ3) is 3.83. The van der Waals surface area contributed by atoms with E-state index in [1.54, 1.807) is 18.2 Å². The van der Waals surface area contributed by atoms with Crippen LogP contribution in [0.3, 0.4) is 0 Å². The minimum atomic E-state index is -4.29. The molecule has 2 aromatic rings. The van der Waals surface area contributed by atoms with Gasteiger partial charge >= 0.3 is 5.51 Å². The second-order valence-corrected chi connectivity index (χ2v) is 5.12. The van der Waals surface area contributed by atoms with Crippen molar-refractivity contribution in [2.24, 2.45) is 0 Å². The third-order valence-electron chi connectivity index (χ3n) is 2.42. The van der Waals surface area contributed by atoms with Crippen LogP contribution < -0.4 is 11.1 Å². The van der Waals surface area contributed by atoms with Crippen molar-refractivity contribution in [3.8, 4) is 0 Å². The van der Waals surface area contributed by atoms with Crippen molar-refractivity contribution in [2.75, 3.05) is 18.0 Å². The number of anilines is 1. The molecule has 4 nitrogen and oxygen atoms in total. The highest BCUT2D eigenvalue weighted by Crippen LogP contribution is 2.29. The number of rotatable bonds is 4. The average Bonchev–Trinajstić information content (AvgIpc) is 2.76. The molecule has 0 atom stereocenters. The highest BCUT2D eigenvalue weighted by Gasteiger charge is 2.27. The number of hydrogen-bond donors (Lipinski definition) is 2. The summed E-state index contributed by atoms with van der Waals surface area (Å²) in [5.74, 6) is -0.757. The number of carbonyl (C=O) groups excluding carboxylic acids is 1. The minimum Gasteiger partial charge on any atom is -0.451 e. The van der Waals surface area contributed by atoms with Gasteiger partial charge in [0.2, 0.25) is 0 Å². The maximum atomic E-state index is 11.9. The molecule has 2 rings (SSSR count). The lowest BCUT2D eigenvalue weighted by Gasteiger charge is -2.05. The number of benzene rings is 1. The van der Waals surface area contributed by atoms with Crippen LogP contribution in [-0.2, 0) is 0 Å². The van der Waals surface area contributed by atoms with E-state index in [1.165, 1.54) is 6.07 Å². The Morgan fingerprint density at radius 3 is 2.80 bits per heavy atom. The summed E-state index contributed by atoms with van der Waals surface area (Å²) in [4.78, 5) is 11.7. The molecule has 108 valence electrons. The number of nitrogens with one attached hydrogen (secondary N) is 1. The van der Waals surface area contributed by atoms with Crippen LogP contribution in [0.15, 0.2) is 28.7 Å². The highest BCUT2D eigenvalue weighted by molar-refractivity contribution is 8.00. The van der Waals surface area contributed by atoms with Gasteiger partial charge in [-0.05, 0) is 36.0 Å². The lowest BCUT2D eigenvalue weighted by Crippen LogP contribution is -2.26. The molecule has 0 fully saturated rings. The number of nitrogens with two attached hydrogens (primary N) is 1. The number of hydrogen-bond acceptors (Lipinski definition) is 4. The maximum Gasteiger partial charge on any atom is 0.441 e. The molecule has 20 heavy (non-hydrogen) atoms. The molecule has 0 radical (unpaired) electrons. The second kappa shape index (κ2) is 5.66. The largest absolute Gasteiger partial charge is 0.451 e. The van der Waals surface area contributed by atoms with Gasteiger partial charge in [0.1, 0.15) is 5.58 Å². The quantitative estimate of drug-likeness (QED) is 0.673. The van der Waals surface area contributed by atoms with Crippen LogP contribution in [0.25, 0.3) is 11.0 Å². The predicted octanol–water partition coefficient (Wildman–Crippen LogP) is 3.00. The number of carbonyl (C=O) groups is 1. The van der Waals surface area contributed by atoms with Crippen LogP contribution in [0.2, 0.25) is 0 Å². The summed E-state index contributed by atoms with van der Waals surface area (Å²) in [5, 5.41) is 3.03. The molecule has 0 bridgehead atoms. The zero-order valence-corrected chi connectivity index (χ0v) is 11.0.